The number of carbonyl (C=O) groups is 3. The Balaban J connectivity index is 1.63. The SMILES string of the molecule is COc1cccc(C(=O)CN2CCC[C@@H]2C(=O)NC(=O)c2ccccc2)c1. The summed E-state index contributed by atoms with van der Waals surface area (Å²) in [6, 6.07) is 15.1. The van der Waals surface area contributed by atoms with E-state index in [-0.39, 0.29) is 18.2 Å². The van der Waals surface area contributed by atoms with E-state index in [0.29, 0.717) is 29.8 Å². The first-order valence-electron chi connectivity index (χ1n) is 8.90. The lowest BCUT2D eigenvalue weighted by Gasteiger charge is -2.22. The van der Waals surface area contributed by atoms with E-state index in [1.54, 1.807) is 55.6 Å². The third-order valence-electron chi connectivity index (χ3n) is 4.68. The fourth-order valence-corrected chi connectivity index (χ4v) is 3.24. The Morgan fingerprint density at radius 3 is 2.56 bits per heavy atom. The number of likely N-dealkylation sites (tertiary alicyclic amines) is 1. The molecular formula is C21H22N2O4. The minimum absolute atomic E-state index is 0.0806. The second-order valence-electron chi connectivity index (χ2n) is 6.47. The molecule has 140 valence electrons. The van der Waals surface area contributed by atoms with Crippen LogP contribution in [0.5, 0.6) is 5.75 Å². The molecule has 6 heteroatoms. The molecule has 0 radical (unpaired) electrons. The Morgan fingerprint density at radius 1 is 1.07 bits per heavy atom. The average molecular weight is 366 g/mol. The first-order valence-corrected chi connectivity index (χ1v) is 8.90. The van der Waals surface area contributed by atoms with Crippen molar-refractivity contribution in [3.63, 3.8) is 0 Å². The maximum atomic E-state index is 12.6. The van der Waals surface area contributed by atoms with Crippen molar-refractivity contribution in [2.75, 3.05) is 20.2 Å². The number of carbonyl (C=O) groups excluding carboxylic acids is 3. The van der Waals surface area contributed by atoms with Crippen molar-refractivity contribution >= 4 is 17.6 Å². The number of amides is 2. The molecule has 0 aromatic heterocycles. The van der Waals surface area contributed by atoms with Gasteiger partial charge in [0.1, 0.15) is 5.75 Å². The summed E-state index contributed by atoms with van der Waals surface area (Å²) < 4.78 is 5.15. The normalized spacial score (nSPS) is 16.7. The molecule has 1 atom stereocenters. The van der Waals surface area contributed by atoms with Crippen LogP contribution < -0.4 is 10.1 Å². The molecule has 6 nitrogen and oxygen atoms in total. The first-order chi connectivity index (χ1) is 13.1. The number of Topliss-reactive ketones (excluding diaryl/α,β-unsaturated/α-hetero) is 1. The van der Waals surface area contributed by atoms with Crippen LogP contribution in [0, 0.1) is 0 Å². The van der Waals surface area contributed by atoms with E-state index in [4.69, 9.17) is 4.74 Å². The summed E-state index contributed by atoms with van der Waals surface area (Å²) >= 11 is 0. The van der Waals surface area contributed by atoms with Gasteiger partial charge >= 0.3 is 0 Å². The monoisotopic (exact) mass is 366 g/mol. The highest BCUT2D eigenvalue weighted by molar-refractivity contribution is 6.06. The van der Waals surface area contributed by atoms with Crippen molar-refractivity contribution in [2.45, 2.75) is 18.9 Å². The van der Waals surface area contributed by atoms with Crippen LogP contribution in [0.1, 0.15) is 33.6 Å². The van der Waals surface area contributed by atoms with Gasteiger partial charge in [-0.2, -0.15) is 0 Å². The van der Waals surface area contributed by atoms with Gasteiger partial charge in [0, 0.05) is 11.1 Å². The second-order valence-corrected chi connectivity index (χ2v) is 6.47. The standard InChI is InChI=1S/C21H22N2O4/c1-27-17-10-5-9-16(13-17)19(24)14-23-12-6-11-18(23)21(26)22-20(25)15-7-3-2-4-8-15/h2-5,7-10,13,18H,6,11-12,14H2,1H3,(H,22,25,26)/t18-/m1/s1. The van der Waals surface area contributed by atoms with Crippen LogP contribution in [0.25, 0.3) is 0 Å². The van der Waals surface area contributed by atoms with Crippen LogP contribution in [0.15, 0.2) is 54.6 Å². The average Bonchev–Trinajstić information content (AvgIpc) is 3.16. The molecule has 1 aliphatic heterocycles. The molecule has 1 N–H and O–H groups in total. The van der Waals surface area contributed by atoms with Gasteiger partial charge in [0.05, 0.1) is 19.7 Å². The van der Waals surface area contributed by atoms with Crippen LogP contribution in [-0.2, 0) is 4.79 Å². The van der Waals surface area contributed by atoms with Crippen molar-refractivity contribution in [3.8, 4) is 5.75 Å². The van der Waals surface area contributed by atoms with E-state index in [9.17, 15) is 14.4 Å². The van der Waals surface area contributed by atoms with Crippen molar-refractivity contribution in [2.24, 2.45) is 0 Å². The Kier molecular flexibility index (Phi) is 5.98. The molecule has 1 fully saturated rings. The van der Waals surface area contributed by atoms with Crippen molar-refractivity contribution < 1.29 is 19.1 Å². The summed E-state index contributed by atoms with van der Waals surface area (Å²) in [5.74, 6) is -0.251. The van der Waals surface area contributed by atoms with Crippen molar-refractivity contribution in [1.82, 2.24) is 10.2 Å². The number of ether oxygens (including phenoxy) is 1. The third-order valence-corrected chi connectivity index (χ3v) is 4.68. The molecule has 27 heavy (non-hydrogen) atoms. The summed E-state index contributed by atoms with van der Waals surface area (Å²) in [7, 11) is 1.55. The van der Waals surface area contributed by atoms with E-state index in [1.807, 2.05) is 11.0 Å². The summed E-state index contributed by atoms with van der Waals surface area (Å²) in [6.45, 7) is 0.776. The molecule has 0 spiro atoms. The molecule has 2 aromatic rings. The predicted molar refractivity (Wildman–Crippen MR) is 101 cm³/mol. The predicted octanol–water partition coefficient (Wildman–Crippen LogP) is 2.30. The Morgan fingerprint density at radius 2 is 1.81 bits per heavy atom. The van der Waals surface area contributed by atoms with Gasteiger partial charge in [-0.25, -0.2) is 0 Å². The molecular weight excluding hydrogens is 344 g/mol. The number of nitrogens with zero attached hydrogens (tertiary/aromatic N) is 1. The van der Waals surface area contributed by atoms with Crippen LogP contribution in [0.4, 0.5) is 0 Å². The van der Waals surface area contributed by atoms with Crippen LogP contribution in [0.3, 0.4) is 0 Å². The highest BCUT2D eigenvalue weighted by atomic mass is 16.5. The molecule has 2 aromatic carbocycles. The lowest BCUT2D eigenvalue weighted by atomic mass is 10.1. The number of imide groups is 1. The molecule has 1 saturated heterocycles. The lowest BCUT2D eigenvalue weighted by Crippen LogP contribution is -2.46. The summed E-state index contributed by atoms with van der Waals surface area (Å²) in [5.41, 5.74) is 0.976. The first kappa shape index (κ1) is 18.8. The van der Waals surface area contributed by atoms with E-state index in [1.165, 1.54) is 0 Å². The number of nitrogens with one attached hydrogen (secondary N) is 1. The van der Waals surface area contributed by atoms with Crippen molar-refractivity contribution in [3.05, 3.63) is 65.7 Å². The minimum Gasteiger partial charge on any atom is -0.497 e. The van der Waals surface area contributed by atoms with Crippen LogP contribution >= 0.6 is 0 Å². The molecule has 1 heterocycles. The summed E-state index contributed by atoms with van der Waals surface area (Å²) in [5, 5.41) is 2.45. The molecule has 0 unspecified atom stereocenters. The molecule has 3 rings (SSSR count). The van der Waals surface area contributed by atoms with Crippen LogP contribution in [0.2, 0.25) is 0 Å². The molecule has 0 saturated carbocycles. The Hall–Kier alpha value is -2.99. The zero-order valence-electron chi connectivity index (χ0n) is 15.2. The summed E-state index contributed by atoms with van der Waals surface area (Å²) in [4.78, 5) is 39.2. The van der Waals surface area contributed by atoms with Gasteiger partial charge in [-0.1, -0.05) is 30.3 Å². The number of hydrogen-bond donors (Lipinski definition) is 1. The Labute approximate surface area is 158 Å². The maximum Gasteiger partial charge on any atom is 0.257 e. The minimum atomic E-state index is -0.479. The zero-order chi connectivity index (χ0) is 19.2. The number of methoxy groups -OCH3 is 1. The molecule has 0 bridgehead atoms. The molecule has 1 aliphatic rings. The zero-order valence-corrected chi connectivity index (χ0v) is 15.2. The largest absolute Gasteiger partial charge is 0.497 e. The number of benzene rings is 2. The van der Waals surface area contributed by atoms with Crippen molar-refractivity contribution in [1.29, 1.82) is 0 Å². The maximum absolute atomic E-state index is 12.6. The summed E-state index contributed by atoms with van der Waals surface area (Å²) in [6.07, 6.45) is 1.43. The quantitative estimate of drug-likeness (QED) is 0.627. The van der Waals surface area contributed by atoms with E-state index in [2.05, 4.69) is 5.32 Å². The van der Waals surface area contributed by atoms with Gasteiger partial charge in [0.25, 0.3) is 5.91 Å². The number of rotatable bonds is 6. The Bertz CT molecular complexity index is 835. The van der Waals surface area contributed by atoms with Gasteiger partial charge in [0.2, 0.25) is 5.91 Å². The second kappa shape index (κ2) is 8.60. The highest BCUT2D eigenvalue weighted by Gasteiger charge is 2.33. The van der Waals surface area contributed by atoms with Gasteiger partial charge in [-0.15, -0.1) is 0 Å². The number of hydrogen-bond acceptors (Lipinski definition) is 5. The fourth-order valence-electron chi connectivity index (χ4n) is 3.24. The smallest absolute Gasteiger partial charge is 0.257 e. The van der Waals surface area contributed by atoms with E-state index < -0.39 is 11.9 Å². The number of ketones is 1. The fraction of sp³-hybridized carbons (Fsp3) is 0.286. The molecule has 2 amide bonds. The van der Waals surface area contributed by atoms with Gasteiger partial charge in [0.15, 0.2) is 5.78 Å². The highest BCUT2D eigenvalue weighted by Crippen LogP contribution is 2.19. The van der Waals surface area contributed by atoms with E-state index >= 15 is 0 Å². The lowest BCUT2D eigenvalue weighted by molar-refractivity contribution is -0.124. The third kappa shape index (κ3) is 4.60. The van der Waals surface area contributed by atoms with E-state index in [0.717, 1.165) is 6.42 Å². The van der Waals surface area contributed by atoms with Gasteiger partial charge in [-0.05, 0) is 43.7 Å². The van der Waals surface area contributed by atoms with Gasteiger partial charge < -0.3 is 4.74 Å². The van der Waals surface area contributed by atoms with Gasteiger partial charge in [-0.3, -0.25) is 24.6 Å². The van der Waals surface area contributed by atoms with Crippen LogP contribution in [-0.4, -0.2) is 48.7 Å². The molecule has 0 aliphatic carbocycles. The topological polar surface area (TPSA) is 75.7 Å².